The average molecular weight is 480 g/mol. The number of esters is 3. The van der Waals surface area contributed by atoms with E-state index < -0.39 is 42.4 Å². The van der Waals surface area contributed by atoms with Crippen LogP contribution in [-0.4, -0.2) is 74.6 Å². The number of fused-ring (bicyclic) bond motifs is 1. The van der Waals surface area contributed by atoms with Crippen LogP contribution >= 0.6 is 12.6 Å². The Morgan fingerprint density at radius 2 is 1.73 bits per heavy atom. The van der Waals surface area contributed by atoms with Crippen molar-refractivity contribution in [3.05, 3.63) is 6.33 Å². The Morgan fingerprint density at radius 1 is 1.06 bits per heavy atom. The third-order valence-corrected chi connectivity index (χ3v) is 5.74. The zero-order valence-electron chi connectivity index (χ0n) is 18.5. The second-order valence-electron chi connectivity index (χ2n) is 7.82. The summed E-state index contributed by atoms with van der Waals surface area (Å²) in [6, 6.07) is 0. The van der Waals surface area contributed by atoms with Crippen molar-refractivity contribution in [3.63, 3.8) is 0 Å². The zero-order chi connectivity index (χ0) is 23.7. The fourth-order valence-corrected chi connectivity index (χ4v) is 4.47. The highest BCUT2D eigenvalue weighted by atomic mass is 32.1. The molecule has 0 unspecified atom stereocenters. The van der Waals surface area contributed by atoms with Gasteiger partial charge in [-0.05, 0) is 12.8 Å². The highest BCUT2D eigenvalue weighted by Crippen LogP contribution is 2.40. The fraction of sp³-hybridized carbons (Fsp3) is 0.600. The van der Waals surface area contributed by atoms with Crippen LogP contribution < -0.4 is 9.64 Å². The standard InChI is InChI=1S/C20H25N5O7S/c1-10(26)29-15-13(8-33)32-19(16(15)30-11(2)27)25-17-14(18(22-9-21-17)31-12(3)28)23-20(25)24-6-4-5-7-24/h9,13,15-16,19,33H,4-8H2,1-3H3/t13-,15-,16-,19-/m1/s1. The van der Waals surface area contributed by atoms with Crippen LogP contribution in [0.3, 0.4) is 0 Å². The lowest BCUT2D eigenvalue weighted by atomic mass is 10.1. The topological polar surface area (TPSA) is 135 Å². The number of hydrogen-bond acceptors (Lipinski definition) is 12. The molecule has 178 valence electrons. The van der Waals surface area contributed by atoms with Gasteiger partial charge in [-0.15, -0.1) is 0 Å². The largest absolute Gasteiger partial charge is 0.456 e. The summed E-state index contributed by atoms with van der Waals surface area (Å²) in [7, 11) is 0. The molecule has 0 radical (unpaired) electrons. The SMILES string of the molecule is CC(=O)Oc1ncnc2c1nc(N1CCCC1)n2[C@@H]1O[C@H](CS)[C@@H](OC(C)=O)[C@H]1OC(C)=O. The van der Waals surface area contributed by atoms with Gasteiger partial charge in [-0.25, -0.2) is 9.97 Å². The molecule has 0 amide bonds. The maximum atomic E-state index is 12.0. The van der Waals surface area contributed by atoms with E-state index in [4.69, 9.17) is 18.9 Å². The van der Waals surface area contributed by atoms with E-state index in [0.717, 1.165) is 25.9 Å². The minimum absolute atomic E-state index is 0.0102. The van der Waals surface area contributed by atoms with Crippen LogP contribution in [0, 0.1) is 0 Å². The summed E-state index contributed by atoms with van der Waals surface area (Å²) >= 11 is 4.33. The summed E-state index contributed by atoms with van der Waals surface area (Å²) in [5.41, 5.74) is 0.588. The minimum atomic E-state index is -0.977. The fourth-order valence-electron chi connectivity index (χ4n) is 4.18. The van der Waals surface area contributed by atoms with Gasteiger partial charge in [0.1, 0.15) is 12.4 Å². The summed E-state index contributed by atoms with van der Waals surface area (Å²) in [5.74, 6) is -0.926. The van der Waals surface area contributed by atoms with Crippen molar-refractivity contribution in [1.82, 2.24) is 19.5 Å². The number of carbonyl (C=O) groups excluding carboxylic acids is 3. The third-order valence-electron chi connectivity index (χ3n) is 5.38. The summed E-state index contributed by atoms with van der Waals surface area (Å²) in [5, 5.41) is 0. The van der Waals surface area contributed by atoms with Crippen LogP contribution in [0.25, 0.3) is 11.2 Å². The van der Waals surface area contributed by atoms with Crippen molar-refractivity contribution in [2.45, 2.75) is 58.2 Å². The van der Waals surface area contributed by atoms with Crippen molar-refractivity contribution in [1.29, 1.82) is 0 Å². The van der Waals surface area contributed by atoms with Crippen LogP contribution in [0.2, 0.25) is 0 Å². The second kappa shape index (κ2) is 9.51. The number of rotatable bonds is 6. The van der Waals surface area contributed by atoms with Crippen molar-refractivity contribution in [2.24, 2.45) is 0 Å². The lowest BCUT2D eigenvalue weighted by Crippen LogP contribution is -2.39. The predicted molar refractivity (Wildman–Crippen MR) is 117 cm³/mol. The number of hydrogen-bond donors (Lipinski definition) is 1. The van der Waals surface area contributed by atoms with E-state index in [2.05, 4.69) is 27.6 Å². The normalized spacial score (nSPS) is 24.8. The van der Waals surface area contributed by atoms with Crippen LogP contribution in [0.5, 0.6) is 5.88 Å². The van der Waals surface area contributed by atoms with Gasteiger partial charge in [0, 0.05) is 39.6 Å². The first-order valence-corrected chi connectivity index (χ1v) is 11.2. The van der Waals surface area contributed by atoms with E-state index in [0.29, 0.717) is 11.6 Å². The molecule has 0 aromatic carbocycles. The molecule has 0 N–H and O–H groups in total. The van der Waals surface area contributed by atoms with Crippen LogP contribution in [0.4, 0.5) is 5.95 Å². The summed E-state index contributed by atoms with van der Waals surface area (Å²) in [6.45, 7) is 5.30. The smallest absolute Gasteiger partial charge is 0.309 e. The Bertz CT molecular complexity index is 1070. The molecule has 0 saturated carbocycles. The number of aromatic nitrogens is 4. The molecular weight excluding hydrogens is 454 g/mol. The van der Waals surface area contributed by atoms with E-state index in [1.165, 1.54) is 27.1 Å². The first-order chi connectivity index (χ1) is 15.8. The molecule has 4 rings (SSSR count). The monoisotopic (exact) mass is 479 g/mol. The van der Waals surface area contributed by atoms with Gasteiger partial charge in [0.15, 0.2) is 29.6 Å². The Balaban J connectivity index is 1.88. The lowest BCUT2D eigenvalue weighted by molar-refractivity contribution is -0.165. The van der Waals surface area contributed by atoms with Gasteiger partial charge in [-0.3, -0.25) is 19.0 Å². The van der Waals surface area contributed by atoms with E-state index in [1.54, 1.807) is 4.57 Å². The van der Waals surface area contributed by atoms with E-state index in [-0.39, 0.29) is 17.1 Å². The minimum Gasteiger partial charge on any atom is -0.456 e. The average Bonchev–Trinajstić information content (AvgIpc) is 3.45. The number of carbonyl (C=O) groups is 3. The third kappa shape index (κ3) is 4.60. The quantitative estimate of drug-likeness (QED) is 0.470. The zero-order valence-corrected chi connectivity index (χ0v) is 19.4. The molecule has 12 nitrogen and oxygen atoms in total. The number of ether oxygens (including phenoxy) is 4. The van der Waals surface area contributed by atoms with Gasteiger partial charge in [0.25, 0.3) is 5.88 Å². The Labute approximate surface area is 195 Å². The maximum absolute atomic E-state index is 12.0. The molecule has 2 aliphatic heterocycles. The first-order valence-electron chi connectivity index (χ1n) is 10.6. The molecule has 0 spiro atoms. The van der Waals surface area contributed by atoms with Gasteiger partial charge in [0.05, 0.1) is 0 Å². The van der Waals surface area contributed by atoms with Crippen molar-refractivity contribution < 1.29 is 33.3 Å². The Kier molecular flexibility index (Phi) is 6.70. The molecule has 2 aromatic heterocycles. The predicted octanol–water partition coefficient (Wildman–Crippen LogP) is 1.04. The van der Waals surface area contributed by atoms with E-state index in [9.17, 15) is 14.4 Å². The highest BCUT2D eigenvalue weighted by molar-refractivity contribution is 7.80. The number of nitrogens with zero attached hydrogens (tertiary/aromatic N) is 5. The van der Waals surface area contributed by atoms with Gasteiger partial charge in [0.2, 0.25) is 5.95 Å². The summed E-state index contributed by atoms with van der Waals surface area (Å²) in [4.78, 5) is 50.5. The number of thiol groups is 1. The molecule has 2 aromatic rings. The molecule has 33 heavy (non-hydrogen) atoms. The molecular formula is C20H25N5O7S. The second-order valence-corrected chi connectivity index (χ2v) is 8.18. The van der Waals surface area contributed by atoms with Gasteiger partial charge < -0.3 is 23.8 Å². The Hall–Kier alpha value is -2.93. The van der Waals surface area contributed by atoms with E-state index >= 15 is 0 Å². The molecule has 4 heterocycles. The lowest BCUT2D eigenvalue weighted by Gasteiger charge is -2.26. The molecule has 2 fully saturated rings. The van der Waals surface area contributed by atoms with Crippen molar-refractivity contribution >= 4 is 47.6 Å². The van der Waals surface area contributed by atoms with Gasteiger partial charge in [-0.1, -0.05) is 0 Å². The highest BCUT2D eigenvalue weighted by Gasteiger charge is 2.51. The molecule has 2 aliphatic rings. The summed E-state index contributed by atoms with van der Waals surface area (Å²) in [6.07, 6.45) is -0.231. The molecule has 13 heteroatoms. The van der Waals surface area contributed by atoms with Crippen LogP contribution in [0.15, 0.2) is 6.33 Å². The number of anilines is 1. The van der Waals surface area contributed by atoms with Crippen LogP contribution in [0.1, 0.15) is 39.8 Å². The molecule has 4 atom stereocenters. The van der Waals surface area contributed by atoms with Crippen molar-refractivity contribution in [2.75, 3.05) is 23.7 Å². The first kappa shape index (κ1) is 23.2. The molecule has 0 aliphatic carbocycles. The van der Waals surface area contributed by atoms with Crippen LogP contribution in [-0.2, 0) is 28.6 Å². The molecule has 0 bridgehead atoms. The Morgan fingerprint density at radius 3 is 2.33 bits per heavy atom. The van der Waals surface area contributed by atoms with E-state index in [1.807, 2.05) is 4.90 Å². The molecule has 2 saturated heterocycles. The maximum Gasteiger partial charge on any atom is 0.309 e. The van der Waals surface area contributed by atoms with Crippen molar-refractivity contribution in [3.8, 4) is 5.88 Å². The van der Waals surface area contributed by atoms with Gasteiger partial charge >= 0.3 is 17.9 Å². The number of imidazole rings is 1. The van der Waals surface area contributed by atoms with Gasteiger partial charge in [-0.2, -0.15) is 17.6 Å². The summed E-state index contributed by atoms with van der Waals surface area (Å²) < 4.78 is 24.2.